The van der Waals surface area contributed by atoms with E-state index in [4.69, 9.17) is 4.52 Å². The SMILES string of the molecule is Cc1cc(C(=O)N2CCNC(=O)C2c2cccc(F)c2)c2c(C)noc2n1. The summed E-state index contributed by atoms with van der Waals surface area (Å²) in [5.74, 6) is -1.15. The highest BCUT2D eigenvalue weighted by Gasteiger charge is 2.36. The zero-order chi connectivity index (χ0) is 19.1. The molecule has 0 radical (unpaired) electrons. The van der Waals surface area contributed by atoms with Crippen molar-refractivity contribution in [1.82, 2.24) is 20.4 Å². The summed E-state index contributed by atoms with van der Waals surface area (Å²) in [6.45, 7) is 4.11. The molecule has 0 aliphatic carbocycles. The molecule has 3 heterocycles. The minimum atomic E-state index is -0.911. The Kier molecular flexibility index (Phi) is 4.10. The molecule has 1 aromatic carbocycles. The Bertz CT molecular complexity index is 1060. The summed E-state index contributed by atoms with van der Waals surface area (Å²) < 4.78 is 18.9. The van der Waals surface area contributed by atoms with E-state index in [0.29, 0.717) is 41.0 Å². The third-order valence-corrected chi connectivity index (χ3v) is 4.61. The topological polar surface area (TPSA) is 88.3 Å². The van der Waals surface area contributed by atoms with Gasteiger partial charge in [-0.25, -0.2) is 9.37 Å². The van der Waals surface area contributed by atoms with Crippen molar-refractivity contribution in [2.24, 2.45) is 0 Å². The van der Waals surface area contributed by atoms with Gasteiger partial charge in [0, 0.05) is 18.8 Å². The number of nitrogens with one attached hydrogen (secondary N) is 1. The van der Waals surface area contributed by atoms with E-state index in [2.05, 4.69) is 15.5 Å². The summed E-state index contributed by atoms with van der Waals surface area (Å²) in [4.78, 5) is 31.6. The van der Waals surface area contributed by atoms with E-state index in [9.17, 15) is 14.0 Å². The predicted molar refractivity (Wildman–Crippen MR) is 94.5 cm³/mol. The fraction of sp³-hybridized carbons (Fsp3) is 0.263. The molecule has 0 saturated carbocycles. The second-order valence-electron chi connectivity index (χ2n) is 6.51. The molecule has 1 N–H and O–H groups in total. The maximum Gasteiger partial charge on any atom is 0.258 e. The van der Waals surface area contributed by atoms with E-state index in [1.807, 2.05) is 0 Å². The number of carbonyl (C=O) groups excluding carboxylic acids is 2. The Hall–Kier alpha value is -3.29. The van der Waals surface area contributed by atoms with Crippen molar-refractivity contribution in [3.8, 4) is 0 Å². The largest absolute Gasteiger partial charge is 0.352 e. The van der Waals surface area contributed by atoms with Crippen LogP contribution in [0.1, 0.15) is 33.4 Å². The number of rotatable bonds is 2. The molecule has 1 atom stereocenters. The number of hydrogen-bond donors (Lipinski definition) is 1. The van der Waals surface area contributed by atoms with Crippen molar-refractivity contribution in [2.45, 2.75) is 19.9 Å². The minimum absolute atomic E-state index is 0.277. The van der Waals surface area contributed by atoms with Crippen LogP contribution >= 0.6 is 0 Å². The standard InChI is InChI=1S/C19H17FN4O3/c1-10-8-14(15-11(2)23-27-18(15)22-10)19(26)24-7-6-21-17(25)16(24)12-4-3-5-13(20)9-12/h3-5,8-9,16H,6-7H2,1-2H3,(H,21,25). The van der Waals surface area contributed by atoms with Gasteiger partial charge >= 0.3 is 0 Å². The first kappa shape index (κ1) is 17.1. The molecule has 27 heavy (non-hydrogen) atoms. The molecule has 1 saturated heterocycles. The molecule has 7 nitrogen and oxygen atoms in total. The lowest BCUT2D eigenvalue weighted by atomic mass is 10.00. The monoisotopic (exact) mass is 368 g/mol. The molecule has 3 aromatic rings. The number of aromatic nitrogens is 2. The summed E-state index contributed by atoms with van der Waals surface area (Å²) in [6, 6.07) is 6.47. The highest BCUT2D eigenvalue weighted by molar-refractivity contribution is 6.07. The number of amides is 2. The molecular formula is C19H17FN4O3. The van der Waals surface area contributed by atoms with E-state index in [-0.39, 0.29) is 17.5 Å². The van der Waals surface area contributed by atoms with Crippen LogP contribution in [0.5, 0.6) is 0 Å². The van der Waals surface area contributed by atoms with Gasteiger partial charge in [-0.3, -0.25) is 9.59 Å². The van der Waals surface area contributed by atoms with Crippen molar-refractivity contribution in [2.75, 3.05) is 13.1 Å². The number of hydrogen-bond acceptors (Lipinski definition) is 5. The zero-order valence-corrected chi connectivity index (χ0v) is 14.8. The number of aryl methyl sites for hydroxylation is 2. The third kappa shape index (κ3) is 2.92. The van der Waals surface area contributed by atoms with Crippen LogP contribution in [0, 0.1) is 19.7 Å². The van der Waals surface area contributed by atoms with E-state index in [1.54, 1.807) is 26.0 Å². The lowest BCUT2D eigenvalue weighted by Crippen LogP contribution is -2.52. The van der Waals surface area contributed by atoms with Gasteiger partial charge in [-0.15, -0.1) is 0 Å². The summed E-state index contributed by atoms with van der Waals surface area (Å²) in [5.41, 5.74) is 2.21. The maximum atomic E-state index is 13.7. The number of carbonyl (C=O) groups is 2. The lowest BCUT2D eigenvalue weighted by Gasteiger charge is -2.35. The van der Waals surface area contributed by atoms with Gasteiger partial charge in [-0.1, -0.05) is 17.3 Å². The number of fused-ring (bicyclic) bond motifs is 1. The van der Waals surface area contributed by atoms with Gasteiger partial charge in [-0.05, 0) is 37.6 Å². The van der Waals surface area contributed by atoms with Gasteiger partial charge in [0.15, 0.2) is 0 Å². The number of pyridine rings is 1. The van der Waals surface area contributed by atoms with E-state index >= 15 is 0 Å². The molecule has 2 amide bonds. The predicted octanol–water partition coefficient (Wildman–Crippen LogP) is 2.29. The van der Waals surface area contributed by atoms with Crippen LogP contribution in [-0.4, -0.2) is 39.9 Å². The van der Waals surface area contributed by atoms with Crippen LogP contribution in [0.4, 0.5) is 4.39 Å². The van der Waals surface area contributed by atoms with Gasteiger partial charge in [0.1, 0.15) is 11.9 Å². The fourth-order valence-corrected chi connectivity index (χ4v) is 3.43. The summed E-state index contributed by atoms with van der Waals surface area (Å²) >= 11 is 0. The molecule has 138 valence electrons. The molecule has 4 rings (SSSR count). The molecule has 0 spiro atoms. The van der Waals surface area contributed by atoms with Gasteiger partial charge < -0.3 is 14.7 Å². The summed E-state index contributed by atoms with van der Waals surface area (Å²) in [7, 11) is 0. The number of halogens is 1. The van der Waals surface area contributed by atoms with Gasteiger partial charge in [0.25, 0.3) is 11.6 Å². The van der Waals surface area contributed by atoms with Gasteiger partial charge in [-0.2, -0.15) is 0 Å². The second kappa shape index (κ2) is 6.46. The first-order chi connectivity index (χ1) is 13.0. The van der Waals surface area contributed by atoms with Gasteiger partial charge in [0.05, 0.1) is 16.6 Å². The summed E-state index contributed by atoms with van der Waals surface area (Å²) in [6.07, 6.45) is 0. The lowest BCUT2D eigenvalue weighted by molar-refractivity contribution is -0.128. The highest BCUT2D eigenvalue weighted by Crippen LogP contribution is 2.29. The minimum Gasteiger partial charge on any atom is -0.352 e. The van der Waals surface area contributed by atoms with Crippen molar-refractivity contribution >= 4 is 22.9 Å². The van der Waals surface area contributed by atoms with E-state index in [1.165, 1.54) is 23.1 Å². The average Bonchev–Trinajstić information content (AvgIpc) is 3.01. The van der Waals surface area contributed by atoms with Crippen LogP contribution < -0.4 is 5.32 Å². The molecule has 0 bridgehead atoms. The fourth-order valence-electron chi connectivity index (χ4n) is 3.43. The van der Waals surface area contributed by atoms with Crippen LogP contribution in [0.25, 0.3) is 11.1 Å². The Labute approximate surface area is 154 Å². The van der Waals surface area contributed by atoms with Crippen LogP contribution in [0.15, 0.2) is 34.9 Å². The second-order valence-corrected chi connectivity index (χ2v) is 6.51. The normalized spacial score (nSPS) is 17.2. The maximum absolute atomic E-state index is 13.7. The highest BCUT2D eigenvalue weighted by atomic mass is 19.1. The first-order valence-corrected chi connectivity index (χ1v) is 8.53. The average molecular weight is 368 g/mol. The number of nitrogens with zero attached hydrogens (tertiary/aromatic N) is 3. The Morgan fingerprint density at radius 2 is 2.15 bits per heavy atom. The van der Waals surface area contributed by atoms with Crippen molar-refractivity contribution in [1.29, 1.82) is 0 Å². The molecular weight excluding hydrogens is 351 g/mol. The molecule has 1 unspecified atom stereocenters. The van der Waals surface area contributed by atoms with Crippen LogP contribution in [-0.2, 0) is 4.79 Å². The van der Waals surface area contributed by atoms with Gasteiger partial charge in [0.2, 0.25) is 5.91 Å². The van der Waals surface area contributed by atoms with Crippen LogP contribution in [0.3, 0.4) is 0 Å². The quantitative estimate of drug-likeness (QED) is 0.750. The van der Waals surface area contributed by atoms with Crippen molar-refractivity contribution < 1.29 is 18.5 Å². The van der Waals surface area contributed by atoms with Crippen molar-refractivity contribution in [3.05, 3.63) is 58.7 Å². The number of piperazine rings is 1. The Morgan fingerprint density at radius 1 is 1.33 bits per heavy atom. The molecule has 1 fully saturated rings. The Morgan fingerprint density at radius 3 is 2.93 bits per heavy atom. The molecule has 1 aliphatic heterocycles. The summed E-state index contributed by atoms with van der Waals surface area (Å²) in [5, 5.41) is 7.16. The van der Waals surface area contributed by atoms with Crippen molar-refractivity contribution in [3.63, 3.8) is 0 Å². The Balaban J connectivity index is 1.82. The smallest absolute Gasteiger partial charge is 0.258 e. The van der Waals surface area contributed by atoms with E-state index < -0.39 is 11.9 Å². The first-order valence-electron chi connectivity index (χ1n) is 8.53. The molecule has 2 aromatic heterocycles. The number of benzene rings is 1. The van der Waals surface area contributed by atoms with E-state index in [0.717, 1.165) is 0 Å². The zero-order valence-electron chi connectivity index (χ0n) is 14.8. The molecule has 1 aliphatic rings. The van der Waals surface area contributed by atoms with Crippen LogP contribution in [0.2, 0.25) is 0 Å². The molecule has 8 heteroatoms. The third-order valence-electron chi connectivity index (χ3n) is 4.61.